The maximum absolute atomic E-state index is 9.76. The number of hydrogen-bond donors (Lipinski definition) is 1. The van der Waals surface area contributed by atoms with Crippen molar-refractivity contribution in [3.05, 3.63) is 18.0 Å². The van der Waals surface area contributed by atoms with Crippen LogP contribution in [-0.4, -0.2) is 16.4 Å². The van der Waals surface area contributed by atoms with E-state index in [2.05, 4.69) is 14.7 Å². The van der Waals surface area contributed by atoms with Crippen LogP contribution in [0.15, 0.2) is 12.4 Å². The van der Waals surface area contributed by atoms with Crippen molar-refractivity contribution in [2.75, 3.05) is 5.73 Å². The number of aromatic nitrogens is 2. The van der Waals surface area contributed by atoms with Crippen molar-refractivity contribution in [3.63, 3.8) is 0 Å². The minimum absolute atomic E-state index is 0.184. The molecule has 0 fully saturated rings. The fourth-order valence-electron chi connectivity index (χ4n) is 0.570. The first-order valence-electron chi connectivity index (χ1n) is 2.94. The van der Waals surface area contributed by atoms with Gasteiger partial charge >= 0.3 is 0 Å². The van der Waals surface area contributed by atoms with E-state index in [9.17, 15) is 4.79 Å². The molecule has 0 aliphatic rings. The number of hydrogen-bond acceptors (Lipinski definition) is 5. The van der Waals surface area contributed by atoms with Gasteiger partial charge in [0.05, 0.1) is 0 Å². The third-order valence-electron chi connectivity index (χ3n) is 1.04. The smallest absolute Gasteiger partial charge is 0.293 e. The molecule has 2 N–H and O–H groups in total. The maximum atomic E-state index is 9.76. The average molecular weight is 153 g/mol. The van der Waals surface area contributed by atoms with Crippen molar-refractivity contribution < 1.29 is 9.53 Å². The van der Waals surface area contributed by atoms with Gasteiger partial charge in [-0.05, 0) is 0 Å². The molecule has 0 saturated carbocycles. The van der Waals surface area contributed by atoms with Crippen LogP contribution in [0, 0.1) is 0 Å². The average Bonchev–Trinajstić information content (AvgIpc) is 2.04. The minimum atomic E-state index is 0.184. The van der Waals surface area contributed by atoms with Gasteiger partial charge in [0, 0.05) is 18.0 Å². The zero-order chi connectivity index (χ0) is 8.10. The molecule has 0 atom stereocenters. The lowest BCUT2D eigenvalue weighted by Gasteiger charge is -1.96. The summed E-state index contributed by atoms with van der Waals surface area (Å²) in [5.41, 5.74) is 5.94. The molecule has 1 aromatic rings. The highest BCUT2D eigenvalue weighted by Crippen LogP contribution is 1.97. The van der Waals surface area contributed by atoms with Gasteiger partial charge in [-0.3, -0.25) is 4.79 Å². The Morgan fingerprint density at radius 3 is 2.73 bits per heavy atom. The number of ether oxygens (including phenoxy) is 1. The molecule has 0 saturated heterocycles. The zero-order valence-corrected chi connectivity index (χ0v) is 5.73. The summed E-state index contributed by atoms with van der Waals surface area (Å²) in [6, 6.07) is 0. The van der Waals surface area contributed by atoms with Crippen molar-refractivity contribution in [2.24, 2.45) is 0 Å². The fraction of sp³-hybridized carbons (Fsp3) is 0.167. The summed E-state index contributed by atoms with van der Waals surface area (Å²) in [5, 5.41) is 0. The van der Waals surface area contributed by atoms with E-state index in [1.165, 1.54) is 12.4 Å². The Balaban J connectivity index is 2.58. The van der Waals surface area contributed by atoms with Crippen LogP contribution in [0.5, 0.6) is 0 Å². The lowest BCUT2D eigenvalue weighted by atomic mass is 10.4. The molecule has 5 nitrogen and oxygen atoms in total. The molecule has 0 bridgehead atoms. The molecule has 11 heavy (non-hydrogen) atoms. The van der Waals surface area contributed by atoms with Crippen LogP contribution in [0.25, 0.3) is 0 Å². The monoisotopic (exact) mass is 153 g/mol. The first-order valence-corrected chi connectivity index (χ1v) is 2.94. The Hall–Kier alpha value is -1.65. The van der Waals surface area contributed by atoms with E-state index >= 15 is 0 Å². The van der Waals surface area contributed by atoms with Crippen LogP contribution in [0.3, 0.4) is 0 Å². The van der Waals surface area contributed by atoms with Crippen LogP contribution < -0.4 is 5.73 Å². The van der Waals surface area contributed by atoms with E-state index in [4.69, 9.17) is 5.73 Å². The third kappa shape index (κ3) is 2.21. The minimum Gasteiger partial charge on any atom is -0.463 e. The first-order chi connectivity index (χ1) is 5.33. The number of nitrogens with zero attached hydrogens (tertiary/aromatic N) is 2. The van der Waals surface area contributed by atoms with Gasteiger partial charge in [0.1, 0.15) is 6.61 Å². The van der Waals surface area contributed by atoms with Crippen molar-refractivity contribution in [1.29, 1.82) is 0 Å². The van der Waals surface area contributed by atoms with Crippen molar-refractivity contribution in [1.82, 2.24) is 9.97 Å². The summed E-state index contributed by atoms with van der Waals surface area (Å²) in [6.45, 7) is 0.556. The standard InChI is InChI=1S/C6H7N3O2/c7-6-8-1-5(2-9-6)3-11-4-10/h1-2,4H,3H2,(H2,7,8,9). The molecule has 0 amide bonds. The molecule has 0 aliphatic heterocycles. The molecule has 0 unspecified atom stereocenters. The zero-order valence-electron chi connectivity index (χ0n) is 5.73. The van der Waals surface area contributed by atoms with Gasteiger partial charge in [-0.15, -0.1) is 0 Å². The largest absolute Gasteiger partial charge is 0.463 e. The Labute approximate surface area is 63.2 Å². The van der Waals surface area contributed by atoms with E-state index in [0.717, 1.165) is 0 Å². The molecule has 5 heteroatoms. The number of nitrogen functional groups attached to an aromatic ring is 1. The van der Waals surface area contributed by atoms with Gasteiger partial charge in [-0.1, -0.05) is 0 Å². The van der Waals surface area contributed by atoms with Gasteiger partial charge < -0.3 is 10.5 Å². The molecule has 1 heterocycles. The second-order valence-electron chi connectivity index (χ2n) is 1.86. The molecule has 0 radical (unpaired) electrons. The summed E-state index contributed by atoms with van der Waals surface area (Å²) < 4.78 is 4.46. The van der Waals surface area contributed by atoms with E-state index in [0.29, 0.717) is 12.0 Å². The van der Waals surface area contributed by atoms with Gasteiger partial charge in [-0.25, -0.2) is 9.97 Å². The van der Waals surface area contributed by atoms with Crippen LogP contribution in [0.2, 0.25) is 0 Å². The second kappa shape index (κ2) is 3.50. The van der Waals surface area contributed by atoms with Crippen LogP contribution in [-0.2, 0) is 16.1 Å². The molecule has 1 aromatic heterocycles. The predicted molar refractivity (Wildman–Crippen MR) is 37.3 cm³/mol. The predicted octanol–water partition coefficient (Wildman–Crippen LogP) is -0.268. The number of carbonyl (C=O) groups excluding carboxylic acids is 1. The van der Waals surface area contributed by atoms with Gasteiger partial charge in [0.2, 0.25) is 5.95 Å². The van der Waals surface area contributed by atoms with Crippen molar-refractivity contribution in [3.8, 4) is 0 Å². The summed E-state index contributed by atoms with van der Waals surface area (Å²) in [6.07, 6.45) is 3.01. The Morgan fingerprint density at radius 2 is 2.18 bits per heavy atom. The molecular weight excluding hydrogens is 146 g/mol. The van der Waals surface area contributed by atoms with Crippen LogP contribution in [0.1, 0.15) is 5.56 Å². The van der Waals surface area contributed by atoms with Crippen molar-refractivity contribution in [2.45, 2.75) is 6.61 Å². The lowest BCUT2D eigenvalue weighted by molar-refractivity contribution is -0.129. The second-order valence-corrected chi connectivity index (χ2v) is 1.86. The summed E-state index contributed by atoms with van der Waals surface area (Å²) >= 11 is 0. The van der Waals surface area contributed by atoms with E-state index in [1.54, 1.807) is 0 Å². The Kier molecular flexibility index (Phi) is 2.37. The topological polar surface area (TPSA) is 78.1 Å². The van der Waals surface area contributed by atoms with Crippen molar-refractivity contribution >= 4 is 12.4 Å². The Bertz CT molecular complexity index is 234. The molecule has 0 aromatic carbocycles. The third-order valence-corrected chi connectivity index (χ3v) is 1.04. The molecule has 0 spiro atoms. The molecule has 1 rings (SSSR count). The SMILES string of the molecule is Nc1ncc(COC=O)cn1. The Morgan fingerprint density at radius 1 is 1.55 bits per heavy atom. The molecular formula is C6H7N3O2. The van der Waals surface area contributed by atoms with Gasteiger partial charge in [0.25, 0.3) is 6.47 Å². The number of carbonyl (C=O) groups is 1. The van der Waals surface area contributed by atoms with E-state index < -0.39 is 0 Å². The van der Waals surface area contributed by atoms with Gasteiger partial charge in [-0.2, -0.15) is 0 Å². The number of anilines is 1. The fourth-order valence-corrected chi connectivity index (χ4v) is 0.570. The summed E-state index contributed by atoms with van der Waals surface area (Å²) in [4.78, 5) is 17.2. The highest BCUT2D eigenvalue weighted by Gasteiger charge is 1.92. The highest BCUT2D eigenvalue weighted by atomic mass is 16.5. The summed E-state index contributed by atoms with van der Waals surface area (Å²) in [5.74, 6) is 0.208. The number of nitrogens with two attached hydrogens (primary N) is 1. The molecule has 58 valence electrons. The van der Waals surface area contributed by atoms with Crippen LogP contribution >= 0.6 is 0 Å². The van der Waals surface area contributed by atoms with Gasteiger partial charge in [0.15, 0.2) is 0 Å². The normalized spacial score (nSPS) is 9.09. The first kappa shape index (κ1) is 7.46. The lowest BCUT2D eigenvalue weighted by Crippen LogP contribution is -1.97. The number of rotatable bonds is 3. The summed E-state index contributed by atoms with van der Waals surface area (Å²) in [7, 11) is 0. The maximum Gasteiger partial charge on any atom is 0.293 e. The quantitative estimate of drug-likeness (QED) is 0.605. The van der Waals surface area contributed by atoms with E-state index in [1.807, 2.05) is 0 Å². The molecule has 0 aliphatic carbocycles. The van der Waals surface area contributed by atoms with E-state index in [-0.39, 0.29) is 12.6 Å². The highest BCUT2D eigenvalue weighted by molar-refractivity contribution is 5.37. The van der Waals surface area contributed by atoms with Crippen LogP contribution in [0.4, 0.5) is 5.95 Å².